The molecule has 4 heteroatoms. The standard InChI is InChI=1S/C6H10O4/c1(5-2-8-5)7-4-10-6-3-9-6/h5-6H,1-4H2. The second kappa shape index (κ2) is 2.84. The maximum absolute atomic E-state index is 5.08. The Hall–Kier alpha value is -0.160. The molecule has 2 aliphatic heterocycles. The quantitative estimate of drug-likeness (QED) is 0.304. The topological polar surface area (TPSA) is 43.5 Å². The number of hydrogen-bond donors (Lipinski definition) is 0. The Morgan fingerprint density at radius 2 is 2.10 bits per heavy atom. The van der Waals surface area contributed by atoms with E-state index in [1.54, 1.807) is 0 Å². The minimum atomic E-state index is 0.000112. The van der Waals surface area contributed by atoms with Gasteiger partial charge in [-0.05, 0) is 0 Å². The van der Waals surface area contributed by atoms with Crippen LogP contribution >= 0.6 is 0 Å². The zero-order chi connectivity index (χ0) is 6.81. The second-order valence-electron chi connectivity index (χ2n) is 2.37. The van der Waals surface area contributed by atoms with Crippen LogP contribution in [0.4, 0.5) is 0 Å². The van der Waals surface area contributed by atoms with Crippen molar-refractivity contribution in [1.29, 1.82) is 0 Å². The molecule has 0 N–H and O–H groups in total. The van der Waals surface area contributed by atoms with Gasteiger partial charge in [-0.25, -0.2) is 0 Å². The minimum absolute atomic E-state index is 0.000112. The van der Waals surface area contributed by atoms with Crippen LogP contribution in [0.3, 0.4) is 0 Å². The molecule has 0 radical (unpaired) electrons. The molecular weight excluding hydrogens is 136 g/mol. The van der Waals surface area contributed by atoms with Crippen molar-refractivity contribution < 1.29 is 18.9 Å². The van der Waals surface area contributed by atoms with E-state index < -0.39 is 0 Å². The molecule has 58 valence electrons. The molecule has 0 aromatic heterocycles. The lowest BCUT2D eigenvalue weighted by atomic mass is 10.5. The normalized spacial score (nSPS) is 36.0. The van der Waals surface area contributed by atoms with E-state index in [4.69, 9.17) is 18.9 Å². The lowest BCUT2D eigenvalue weighted by Crippen LogP contribution is -2.06. The van der Waals surface area contributed by atoms with Gasteiger partial charge in [0.2, 0.25) is 0 Å². The van der Waals surface area contributed by atoms with Gasteiger partial charge in [-0.1, -0.05) is 0 Å². The van der Waals surface area contributed by atoms with Crippen LogP contribution in [-0.2, 0) is 18.9 Å². The van der Waals surface area contributed by atoms with Gasteiger partial charge in [0.1, 0.15) is 19.5 Å². The molecule has 0 aliphatic carbocycles. The van der Waals surface area contributed by atoms with Crippen LogP contribution in [0.1, 0.15) is 0 Å². The first-order valence-corrected chi connectivity index (χ1v) is 3.38. The van der Waals surface area contributed by atoms with Gasteiger partial charge in [0.15, 0.2) is 6.29 Å². The van der Waals surface area contributed by atoms with Gasteiger partial charge in [0.25, 0.3) is 0 Å². The Morgan fingerprint density at radius 3 is 2.70 bits per heavy atom. The van der Waals surface area contributed by atoms with Crippen LogP contribution < -0.4 is 0 Å². The van der Waals surface area contributed by atoms with Gasteiger partial charge in [-0.3, -0.25) is 0 Å². The fourth-order valence-electron chi connectivity index (χ4n) is 0.603. The smallest absolute Gasteiger partial charge is 0.183 e. The Balaban J connectivity index is 1.40. The fraction of sp³-hybridized carbons (Fsp3) is 1.00. The molecule has 0 aromatic carbocycles. The van der Waals surface area contributed by atoms with Gasteiger partial charge >= 0.3 is 0 Å². The van der Waals surface area contributed by atoms with Gasteiger partial charge in [0, 0.05) is 0 Å². The summed E-state index contributed by atoms with van der Waals surface area (Å²) in [7, 11) is 0. The van der Waals surface area contributed by atoms with Gasteiger partial charge in [-0.2, -0.15) is 0 Å². The molecule has 0 spiro atoms. The van der Waals surface area contributed by atoms with E-state index in [0.717, 1.165) is 6.61 Å². The molecule has 2 aliphatic rings. The van der Waals surface area contributed by atoms with E-state index in [9.17, 15) is 0 Å². The molecular formula is C6H10O4. The first kappa shape index (κ1) is 6.54. The summed E-state index contributed by atoms with van der Waals surface area (Å²) in [5, 5.41) is 0. The van der Waals surface area contributed by atoms with Crippen molar-refractivity contribution in [2.45, 2.75) is 12.4 Å². The number of epoxide rings is 2. The fourth-order valence-corrected chi connectivity index (χ4v) is 0.603. The SMILES string of the molecule is C(OCC1CO1)OC1CO1. The van der Waals surface area contributed by atoms with Crippen molar-refractivity contribution in [1.82, 2.24) is 0 Å². The summed E-state index contributed by atoms with van der Waals surface area (Å²) in [5.74, 6) is 0. The lowest BCUT2D eigenvalue weighted by Gasteiger charge is -1.99. The molecule has 2 rings (SSSR count). The largest absolute Gasteiger partial charge is 0.371 e. The van der Waals surface area contributed by atoms with Crippen LogP contribution in [0.2, 0.25) is 0 Å². The van der Waals surface area contributed by atoms with Crippen molar-refractivity contribution >= 4 is 0 Å². The van der Waals surface area contributed by atoms with E-state index in [2.05, 4.69) is 0 Å². The van der Waals surface area contributed by atoms with Crippen LogP contribution in [0.15, 0.2) is 0 Å². The molecule has 2 atom stereocenters. The second-order valence-corrected chi connectivity index (χ2v) is 2.37. The average molecular weight is 146 g/mol. The summed E-state index contributed by atoms with van der Waals surface area (Å²) in [6.45, 7) is 2.51. The van der Waals surface area contributed by atoms with Crippen molar-refractivity contribution in [2.75, 3.05) is 26.6 Å². The Kier molecular flexibility index (Phi) is 1.86. The van der Waals surface area contributed by atoms with E-state index in [1.807, 2.05) is 0 Å². The van der Waals surface area contributed by atoms with Crippen molar-refractivity contribution in [2.24, 2.45) is 0 Å². The van der Waals surface area contributed by atoms with Gasteiger partial charge in [0.05, 0.1) is 13.2 Å². The lowest BCUT2D eigenvalue weighted by molar-refractivity contribution is -0.0894. The van der Waals surface area contributed by atoms with E-state index in [-0.39, 0.29) is 6.29 Å². The minimum Gasteiger partial charge on any atom is -0.371 e. The third kappa shape index (κ3) is 2.22. The summed E-state index contributed by atoms with van der Waals surface area (Å²) in [6, 6.07) is 0. The molecule has 0 amide bonds. The van der Waals surface area contributed by atoms with Crippen LogP contribution in [0.25, 0.3) is 0 Å². The molecule has 4 nitrogen and oxygen atoms in total. The summed E-state index contributed by atoms with van der Waals surface area (Å²) < 4.78 is 19.8. The highest BCUT2D eigenvalue weighted by Crippen LogP contribution is 2.11. The zero-order valence-electron chi connectivity index (χ0n) is 5.62. The van der Waals surface area contributed by atoms with Crippen LogP contribution in [-0.4, -0.2) is 39.0 Å². The third-order valence-corrected chi connectivity index (χ3v) is 1.35. The first-order chi connectivity index (χ1) is 4.95. The predicted molar refractivity (Wildman–Crippen MR) is 31.4 cm³/mol. The predicted octanol–water partition coefficient (Wildman–Crippen LogP) is -0.268. The molecule has 0 aromatic rings. The first-order valence-electron chi connectivity index (χ1n) is 3.38. The van der Waals surface area contributed by atoms with E-state index in [0.29, 0.717) is 26.1 Å². The van der Waals surface area contributed by atoms with Gasteiger partial charge < -0.3 is 18.9 Å². The molecule has 10 heavy (non-hydrogen) atoms. The van der Waals surface area contributed by atoms with Crippen molar-refractivity contribution in [3.05, 3.63) is 0 Å². The van der Waals surface area contributed by atoms with Crippen LogP contribution in [0, 0.1) is 0 Å². The Labute approximate surface area is 59.0 Å². The number of ether oxygens (including phenoxy) is 4. The highest BCUT2D eigenvalue weighted by molar-refractivity contribution is 4.66. The zero-order valence-corrected chi connectivity index (χ0v) is 5.62. The summed E-state index contributed by atoms with van der Waals surface area (Å²) in [5.41, 5.74) is 0. The molecule has 2 heterocycles. The highest BCUT2D eigenvalue weighted by atomic mass is 16.8. The molecule has 2 unspecified atom stereocenters. The maximum Gasteiger partial charge on any atom is 0.183 e. The van der Waals surface area contributed by atoms with Crippen molar-refractivity contribution in [3.8, 4) is 0 Å². The molecule has 0 bridgehead atoms. The molecule has 2 saturated heterocycles. The van der Waals surface area contributed by atoms with E-state index in [1.165, 1.54) is 0 Å². The monoisotopic (exact) mass is 146 g/mol. The van der Waals surface area contributed by atoms with E-state index >= 15 is 0 Å². The average Bonchev–Trinajstić information content (AvgIpc) is 2.77. The maximum atomic E-state index is 5.08. The third-order valence-electron chi connectivity index (χ3n) is 1.35. The number of rotatable bonds is 5. The highest BCUT2D eigenvalue weighted by Gasteiger charge is 2.25. The summed E-state index contributed by atoms with van der Waals surface area (Å²) in [6.07, 6.45) is 0.323. The van der Waals surface area contributed by atoms with Crippen molar-refractivity contribution in [3.63, 3.8) is 0 Å². The van der Waals surface area contributed by atoms with Gasteiger partial charge in [-0.15, -0.1) is 0 Å². The molecule has 0 saturated carbocycles. The number of hydrogen-bond acceptors (Lipinski definition) is 4. The van der Waals surface area contributed by atoms with Crippen LogP contribution in [0.5, 0.6) is 0 Å². The Bertz CT molecular complexity index is 94.3. The summed E-state index contributed by atoms with van der Waals surface area (Å²) in [4.78, 5) is 0. The summed E-state index contributed by atoms with van der Waals surface area (Å²) >= 11 is 0. The Morgan fingerprint density at radius 1 is 1.30 bits per heavy atom. The molecule has 2 fully saturated rings.